The van der Waals surface area contributed by atoms with Crippen LogP contribution in [0.15, 0.2) is 91.0 Å². The fraction of sp³-hybridized carbons (Fsp3) is 0. The second kappa shape index (κ2) is 23.4. The van der Waals surface area contributed by atoms with Crippen molar-refractivity contribution >= 4 is 64.9 Å². The van der Waals surface area contributed by atoms with Crippen molar-refractivity contribution in [2.75, 3.05) is 0 Å². The van der Waals surface area contributed by atoms with Gasteiger partial charge in [0.1, 0.15) is 0 Å². The van der Waals surface area contributed by atoms with Crippen LogP contribution in [0.5, 0.6) is 0 Å². The predicted molar refractivity (Wildman–Crippen MR) is 126 cm³/mol. The molecule has 3 aromatic carbocycles. The zero-order valence-electron chi connectivity index (χ0n) is 15.6. The maximum absolute atomic E-state index is 7.50. The van der Waals surface area contributed by atoms with Crippen LogP contribution in [0.4, 0.5) is 0 Å². The maximum atomic E-state index is 7.50. The molecule has 0 saturated carbocycles. The Hall–Kier alpha value is -1.85. The molecule has 30 heavy (non-hydrogen) atoms. The van der Waals surface area contributed by atoms with Gasteiger partial charge in [-0.1, -0.05) is 0 Å². The van der Waals surface area contributed by atoms with Crippen molar-refractivity contribution in [2.24, 2.45) is 0 Å². The van der Waals surface area contributed by atoms with Gasteiger partial charge in [0, 0.05) is 0 Å². The standard InChI is InChI=1S/3C6H6P.4CO.Fe/c3*7-6-4-2-1-3-5-6;4*1-2;/h3*1-5,7H;;;;;/q3*-1;;;;;+3. The first-order valence-electron chi connectivity index (χ1n) is 7.83. The van der Waals surface area contributed by atoms with E-state index >= 15 is 0 Å². The minimum absolute atomic E-state index is 0.212. The molecule has 3 aromatic rings. The third kappa shape index (κ3) is 14.2. The Morgan fingerprint density at radius 1 is 0.400 bits per heavy atom. The van der Waals surface area contributed by atoms with Crippen LogP contribution in [0.2, 0.25) is 0 Å². The molecule has 0 fully saturated rings. The zero-order valence-corrected chi connectivity index (χ0v) is 19.8. The van der Waals surface area contributed by atoms with Crippen LogP contribution in [0, 0.1) is 0 Å². The molecule has 0 bridgehead atoms. The quantitative estimate of drug-likeness (QED) is 0.390. The fourth-order valence-electron chi connectivity index (χ4n) is 1.86. The number of rotatable bonds is 6. The van der Waals surface area contributed by atoms with E-state index in [-0.39, 0.29) is 12.6 Å². The second-order valence-electron chi connectivity index (χ2n) is 4.63. The zero-order chi connectivity index (χ0) is 23.0. The summed E-state index contributed by atoms with van der Waals surface area (Å²) in [5, 5.41) is 4.53. The van der Waals surface area contributed by atoms with E-state index in [1.165, 1.54) is 15.9 Å². The van der Waals surface area contributed by atoms with Gasteiger partial charge in [-0.25, -0.2) is 0 Å². The normalized spacial score (nSPS) is 9.93. The van der Waals surface area contributed by atoms with E-state index in [0.29, 0.717) is 0 Å². The van der Waals surface area contributed by atoms with Crippen LogP contribution in [0.3, 0.4) is 0 Å². The Kier molecular flexibility index (Phi) is 23.7. The first kappa shape index (κ1) is 30.3. The Morgan fingerprint density at radius 2 is 0.600 bits per heavy atom. The summed E-state index contributed by atoms with van der Waals surface area (Å²) < 4.78 is 0. The molecule has 0 aromatic heterocycles. The summed E-state index contributed by atoms with van der Waals surface area (Å²) in [5.41, 5.74) is 0. The molecule has 3 unspecified atom stereocenters. The van der Waals surface area contributed by atoms with E-state index in [9.17, 15) is 0 Å². The third-order valence-corrected chi connectivity index (χ3v) is 16.9. The topological polar surface area (TPSA) is 68.3 Å². The molecule has 8 radical (unpaired) electrons. The average Bonchev–Trinajstić information content (AvgIpc) is 2.86. The average molecular weight is 495 g/mol. The molecular formula is C22H18FeO4P3. The van der Waals surface area contributed by atoms with Crippen LogP contribution in [0.1, 0.15) is 0 Å². The monoisotopic (exact) mass is 495 g/mol. The Morgan fingerprint density at radius 3 is 0.800 bits per heavy atom. The third-order valence-electron chi connectivity index (χ3n) is 2.89. The molecule has 8 heteroatoms. The van der Waals surface area contributed by atoms with Crippen molar-refractivity contribution in [1.29, 1.82) is 0 Å². The summed E-state index contributed by atoms with van der Waals surface area (Å²) in [6.45, 7) is 18.0. The van der Waals surface area contributed by atoms with Crippen molar-refractivity contribution in [3.05, 3.63) is 91.0 Å². The number of hydrogen-bond acceptors (Lipinski definition) is 4. The molecule has 0 spiro atoms. The Bertz CT molecular complexity index is 645. The van der Waals surface area contributed by atoms with Crippen molar-refractivity contribution in [2.45, 2.75) is 0 Å². The molecule has 3 rings (SSSR count). The molecule has 153 valence electrons. The van der Waals surface area contributed by atoms with Crippen molar-refractivity contribution in [3.8, 4) is 0 Å². The molecule has 0 heterocycles. The van der Waals surface area contributed by atoms with Crippen molar-refractivity contribution in [1.82, 2.24) is 0 Å². The molecule has 0 aliphatic rings. The molecule has 4 nitrogen and oxygen atoms in total. The van der Waals surface area contributed by atoms with Gasteiger partial charge in [0.25, 0.3) is 27.2 Å². The van der Waals surface area contributed by atoms with E-state index in [1.807, 2.05) is 0 Å². The number of benzene rings is 3. The summed E-state index contributed by atoms with van der Waals surface area (Å²) in [6.07, 6.45) is 0. The SMILES string of the molecule is [C]=O.[C]=O.[C]=O.[C]=O.c1ccc([PH][Fe]([PH]c2ccccc2)[PH]c2ccccc2)cc1. The molecule has 0 amide bonds. The summed E-state index contributed by atoms with van der Waals surface area (Å²) in [4.78, 5) is 30.0. The van der Waals surface area contributed by atoms with Gasteiger partial charge < -0.3 is 0 Å². The minimum atomic E-state index is -0.212. The van der Waals surface area contributed by atoms with E-state index in [4.69, 9.17) is 19.2 Å². The summed E-state index contributed by atoms with van der Waals surface area (Å²) >= 11 is -0.212. The predicted octanol–water partition coefficient (Wildman–Crippen LogP) is 2.77. The van der Waals surface area contributed by atoms with Crippen LogP contribution in [-0.4, -0.2) is 27.2 Å². The number of hydrogen-bond donors (Lipinski definition) is 0. The van der Waals surface area contributed by atoms with Crippen LogP contribution in [-0.2, 0) is 31.8 Å². The van der Waals surface area contributed by atoms with Gasteiger partial charge in [0.2, 0.25) is 0 Å². The Balaban J connectivity index is 0. The second-order valence-corrected chi connectivity index (χ2v) is 18.9. The van der Waals surface area contributed by atoms with Crippen molar-refractivity contribution < 1.29 is 31.8 Å². The van der Waals surface area contributed by atoms with Crippen LogP contribution >= 0.6 is 21.8 Å². The summed E-state index contributed by atoms with van der Waals surface area (Å²) in [5.74, 6) is 0. The van der Waals surface area contributed by atoms with E-state index in [1.54, 1.807) is 0 Å². The van der Waals surface area contributed by atoms with Gasteiger partial charge in [0.15, 0.2) is 0 Å². The molecule has 0 aliphatic carbocycles. The van der Waals surface area contributed by atoms with Gasteiger partial charge in [-0.2, -0.15) is 0 Å². The fourth-order valence-corrected chi connectivity index (χ4v) is 17.9. The van der Waals surface area contributed by atoms with Gasteiger partial charge in [-0.15, -0.1) is 0 Å². The van der Waals surface area contributed by atoms with Gasteiger partial charge >= 0.3 is 141 Å². The van der Waals surface area contributed by atoms with E-state index in [0.717, 1.165) is 21.8 Å². The summed E-state index contributed by atoms with van der Waals surface area (Å²) in [6, 6.07) is 33.0. The van der Waals surface area contributed by atoms with Gasteiger partial charge in [-0.3, -0.25) is 19.2 Å². The molecule has 0 aliphatic heterocycles. The molecule has 3 atom stereocenters. The van der Waals surface area contributed by atoms with E-state index < -0.39 is 0 Å². The van der Waals surface area contributed by atoms with Crippen LogP contribution < -0.4 is 15.9 Å². The molecular weight excluding hydrogens is 477 g/mol. The summed E-state index contributed by atoms with van der Waals surface area (Å²) in [7, 11) is 2.86. The van der Waals surface area contributed by atoms with E-state index in [2.05, 4.69) is 118 Å². The van der Waals surface area contributed by atoms with Gasteiger partial charge in [0.05, 0.1) is 0 Å². The first-order chi connectivity index (χ1) is 14.9. The Labute approximate surface area is 187 Å². The van der Waals surface area contributed by atoms with Gasteiger partial charge in [-0.05, 0) is 0 Å². The first-order valence-corrected chi connectivity index (χ1v) is 15.4. The molecule has 0 saturated heterocycles. The van der Waals surface area contributed by atoms with Crippen LogP contribution in [0.25, 0.3) is 0 Å². The molecule has 0 N–H and O–H groups in total. The van der Waals surface area contributed by atoms with Crippen molar-refractivity contribution in [3.63, 3.8) is 0 Å². The number of carbonyl (C=O) groups excluding carboxylic acids is 4.